The van der Waals surface area contributed by atoms with E-state index >= 15 is 0 Å². The molecule has 1 aromatic carbocycles. The van der Waals surface area contributed by atoms with Crippen molar-refractivity contribution in [3.05, 3.63) is 30.3 Å². The van der Waals surface area contributed by atoms with Crippen molar-refractivity contribution in [2.75, 3.05) is 45.9 Å². The van der Waals surface area contributed by atoms with Crippen molar-refractivity contribution in [1.29, 1.82) is 0 Å². The van der Waals surface area contributed by atoms with Crippen molar-refractivity contribution >= 4 is 17.7 Å². The number of nitrogens with zero attached hydrogens (tertiary/aromatic N) is 3. The molecule has 0 unspecified atom stereocenters. The van der Waals surface area contributed by atoms with Crippen LogP contribution in [0, 0.1) is 11.8 Å². The highest BCUT2D eigenvalue weighted by Gasteiger charge is 2.32. The average molecular weight is 456 g/mol. The number of benzene rings is 1. The number of hydrogen-bond acceptors (Lipinski definition) is 4. The monoisotopic (exact) mass is 455 g/mol. The first-order valence-electron chi connectivity index (χ1n) is 12.6. The average Bonchev–Trinajstić information content (AvgIpc) is 3.37. The molecule has 33 heavy (non-hydrogen) atoms. The van der Waals surface area contributed by atoms with Gasteiger partial charge in [0.2, 0.25) is 17.7 Å². The number of piperazine rings is 1. The van der Waals surface area contributed by atoms with E-state index in [9.17, 15) is 14.4 Å². The molecular weight excluding hydrogens is 418 g/mol. The van der Waals surface area contributed by atoms with Gasteiger partial charge in [-0.05, 0) is 43.7 Å². The summed E-state index contributed by atoms with van der Waals surface area (Å²) < 4.78 is 5.63. The Hall–Kier alpha value is -2.57. The molecule has 0 bridgehead atoms. The van der Waals surface area contributed by atoms with Gasteiger partial charge in [-0.2, -0.15) is 0 Å². The van der Waals surface area contributed by atoms with E-state index in [1.807, 2.05) is 45.0 Å². The lowest BCUT2D eigenvalue weighted by molar-refractivity contribution is -0.145. The van der Waals surface area contributed by atoms with Crippen molar-refractivity contribution in [3.8, 4) is 5.75 Å². The fourth-order valence-electron chi connectivity index (χ4n) is 5.33. The van der Waals surface area contributed by atoms with Gasteiger partial charge in [-0.15, -0.1) is 0 Å². The van der Waals surface area contributed by atoms with Crippen molar-refractivity contribution < 1.29 is 19.1 Å². The van der Waals surface area contributed by atoms with Gasteiger partial charge in [0.15, 0.2) is 0 Å². The van der Waals surface area contributed by atoms with E-state index < -0.39 is 0 Å². The second kappa shape index (κ2) is 11.5. The maximum Gasteiger partial charge on any atom is 0.225 e. The highest BCUT2D eigenvalue weighted by Crippen LogP contribution is 2.28. The largest absolute Gasteiger partial charge is 0.493 e. The smallest absolute Gasteiger partial charge is 0.225 e. The minimum absolute atomic E-state index is 0.0182. The van der Waals surface area contributed by atoms with Gasteiger partial charge in [-0.25, -0.2) is 0 Å². The summed E-state index contributed by atoms with van der Waals surface area (Å²) in [4.78, 5) is 43.8. The standard InChI is InChI=1S/C26H37N3O4/c30-24(12-19-33-23-8-2-1-3-9-23)27-13-10-22(11-14-27)26(32)29-17-15-28(16-18-29)25(31)20-21-6-4-5-7-21/h1-3,8-9,21-22H,4-7,10-20H2. The Morgan fingerprint density at radius 1 is 0.758 bits per heavy atom. The Labute approximate surface area is 197 Å². The van der Waals surface area contributed by atoms with Crippen LogP contribution in [0.15, 0.2) is 30.3 Å². The third-order valence-corrected chi connectivity index (χ3v) is 7.41. The summed E-state index contributed by atoms with van der Waals surface area (Å²) in [5.74, 6) is 1.86. The maximum atomic E-state index is 13.0. The SMILES string of the molecule is O=C(CCOc1ccccc1)N1CCC(C(=O)N2CCN(C(=O)CC3CCCC3)CC2)CC1. The Bertz CT molecular complexity index is 793. The molecule has 0 N–H and O–H groups in total. The number of carbonyl (C=O) groups excluding carboxylic acids is 3. The zero-order chi connectivity index (χ0) is 23.0. The van der Waals surface area contributed by atoms with E-state index in [2.05, 4.69) is 0 Å². The molecule has 0 spiro atoms. The number of likely N-dealkylation sites (tertiary alicyclic amines) is 1. The van der Waals surface area contributed by atoms with E-state index in [4.69, 9.17) is 4.74 Å². The molecule has 0 atom stereocenters. The number of ether oxygens (including phenoxy) is 1. The molecule has 2 heterocycles. The lowest BCUT2D eigenvalue weighted by Gasteiger charge is -2.39. The fourth-order valence-corrected chi connectivity index (χ4v) is 5.33. The Balaban J connectivity index is 1.13. The molecule has 3 amide bonds. The van der Waals surface area contributed by atoms with Crippen molar-refractivity contribution in [2.24, 2.45) is 11.8 Å². The summed E-state index contributed by atoms with van der Waals surface area (Å²) in [6.45, 7) is 4.18. The molecule has 2 saturated heterocycles. The second-order valence-electron chi connectivity index (χ2n) is 9.63. The molecule has 3 aliphatic rings. The van der Waals surface area contributed by atoms with Crippen LogP contribution < -0.4 is 4.74 Å². The van der Waals surface area contributed by atoms with Crippen LogP contribution >= 0.6 is 0 Å². The molecule has 2 aliphatic heterocycles. The van der Waals surface area contributed by atoms with Gasteiger partial charge in [0.05, 0.1) is 13.0 Å². The molecule has 4 rings (SSSR count). The minimum Gasteiger partial charge on any atom is -0.493 e. The third-order valence-electron chi connectivity index (χ3n) is 7.41. The van der Waals surface area contributed by atoms with Crippen molar-refractivity contribution in [1.82, 2.24) is 14.7 Å². The summed E-state index contributed by atoms with van der Waals surface area (Å²) in [6, 6.07) is 9.51. The molecule has 7 heteroatoms. The number of piperidine rings is 1. The maximum absolute atomic E-state index is 13.0. The molecule has 1 aliphatic carbocycles. The number of rotatable bonds is 7. The predicted octanol–water partition coefficient (Wildman–Crippen LogP) is 2.95. The van der Waals surface area contributed by atoms with E-state index in [-0.39, 0.29) is 23.6 Å². The quantitative estimate of drug-likeness (QED) is 0.634. The van der Waals surface area contributed by atoms with Crippen LogP contribution in [0.1, 0.15) is 51.4 Å². The Morgan fingerprint density at radius 3 is 2.03 bits per heavy atom. The predicted molar refractivity (Wildman–Crippen MR) is 126 cm³/mol. The molecule has 1 aromatic rings. The Kier molecular flexibility index (Phi) is 8.24. The summed E-state index contributed by atoms with van der Waals surface area (Å²) in [5.41, 5.74) is 0. The molecule has 7 nitrogen and oxygen atoms in total. The highest BCUT2D eigenvalue weighted by atomic mass is 16.5. The highest BCUT2D eigenvalue weighted by molar-refractivity contribution is 5.81. The van der Waals surface area contributed by atoms with E-state index in [0.717, 1.165) is 5.75 Å². The third kappa shape index (κ3) is 6.49. The van der Waals surface area contributed by atoms with Crippen molar-refractivity contribution in [3.63, 3.8) is 0 Å². The van der Waals surface area contributed by atoms with Gasteiger partial charge in [0.1, 0.15) is 5.75 Å². The first-order chi connectivity index (χ1) is 16.1. The van der Waals surface area contributed by atoms with Crippen molar-refractivity contribution in [2.45, 2.75) is 51.4 Å². The number of carbonyl (C=O) groups is 3. The zero-order valence-electron chi connectivity index (χ0n) is 19.6. The summed E-state index contributed by atoms with van der Waals surface area (Å²) in [7, 11) is 0. The van der Waals surface area contributed by atoms with E-state index in [0.29, 0.717) is 77.5 Å². The van der Waals surface area contributed by atoms with Crippen LogP contribution in [-0.4, -0.2) is 78.3 Å². The normalized spacial score (nSPS) is 20.2. The summed E-state index contributed by atoms with van der Waals surface area (Å²) in [6.07, 6.45) is 7.34. The summed E-state index contributed by atoms with van der Waals surface area (Å²) >= 11 is 0. The van der Waals surface area contributed by atoms with Gasteiger partial charge in [-0.3, -0.25) is 14.4 Å². The van der Waals surface area contributed by atoms with E-state index in [1.54, 1.807) is 0 Å². The minimum atomic E-state index is -0.0182. The van der Waals surface area contributed by atoms with E-state index in [1.165, 1.54) is 25.7 Å². The van der Waals surface area contributed by atoms with Gasteiger partial charge >= 0.3 is 0 Å². The fraction of sp³-hybridized carbons (Fsp3) is 0.654. The molecule has 0 radical (unpaired) electrons. The van der Waals surface area contributed by atoms with Crippen LogP contribution in [0.25, 0.3) is 0 Å². The van der Waals surface area contributed by atoms with Crippen LogP contribution in [-0.2, 0) is 14.4 Å². The van der Waals surface area contributed by atoms with Gasteiger partial charge in [0, 0.05) is 51.6 Å². The van der Waals surface area contributed by atoms with Gasteiger partial charge in [-0.1, -0.05) is 31.0 Å². The lowest BCUT2D eigenvalue weighted by atomic mass is 9.94. The molecule has 1 saturated carbocycles. The molecule has 0 aromatic heterocycles. The first kappa shape index (κ1) is 23.6. The van der Waals surface area contributed by atoms with Crippen LogP contribution in [0.2, 0.25) is 0 Å². The zero-order valence-corrected chi connectivity index (χ0v) is 19.6. The van der Waals surface area contributed by atoms with Gasteiger partial charge < -0.3 is 19.4 Å². The first-order valence-corrected chi connectivity index (χ1v) is 12.6. The van der Waals surface area contributed by atoms with Crippen LogP contribution in [0.3, 0.4) is 0 Å². The molecular formula is C26H37N3O4. The second-order valence-corrected chi connectivity index (χ2v) is 9.63. The number of hydrogen-bond donors (Lipinski definition) is 0. The number of amides is 3. The van der Waals surface area contributed by atoms with Crippen LogP contribution in [0.4, 0.5) is 0 Å². The van der Waals surface area contributed by atoms with Crippen LogP contribution in [0.5, 0.6) is 5.75 Å². The summed E-state index contributed by atoms with van der Waals surface area (Å²) in [5, 5.41) is 0. The Morgan fingerprint density at radius 2 is 1.36 bits per heavy atom. The molecule has 3 fully saturated rings. The number of para-hydroxylation sites is 1. The topological polar surface area (TPSA) is 70.2 Å². The van der Waals surface area contributed by atoms with Gasteiger partial charge in [0.25, 0.3) is 0 Å². The molecule has 180 valence electrons. The lowest BCUT2D eigenvalue weighted by Crippen LogP contribution is -2.53.